The van der Waals surface area contributed by atoms with Crippen LogP contribution in [-0.2, 0) is 9.53 Å². The summed E-state index contributed by atoms with van der Waals surface area (Å²) in [6, 6.07) is 0.887. The average molecular weight is 566 g/mol. The summed E-state index contributed by atoms with van der Waals surface area (Å²) in [6.07, 6.45) is 3.22. The second-order valence-corrected chi connectivity index (χ2v) is 9.95. The number of carbonyl (C=O) groups is 1. The van der Waals surface area contributed by atoms with Crippen LogP contribution in [0.15, 0.2) is 24.5 Å². The zero-order chi connectivity index (χ0) is 28.8. The number of rotatable bonds is 12. The predicted octanol–water partition coefficient (Wildman–Crippen LogP) is 2.50. The van der Waals surface area contributed by atoms with Gasteiger partial charge in [0.15, 0.2) is 11.6 Å². The summed E-state index contributed by atoms with van der Waals surface area (Å²) < 4.78 is 49.4. The van der Waals surface area contributed by atoms with Gasteiger partial charge >= 0.3 is 0 Å². The first-order chi connectivity index (χ1) is 19.2. The third kappa shape index (κ3) is 6.92. The third-order valence-corrected chi connectivity index (χ3v) is 7.06. The summed E-state index contributed by atoms with van der Waals surface area (Å²) in [5.41, 5.74) is -0.385. The van der Waals surface area contributed by atoms with Gasteiger partial charge in [-0.15, -0.1) is 0 Å². The SMILES string of the molecule is C=C(Nc1c(C=N)nc(Nc2c(F)cc(F)cc2F)n1[C@H]1CCOC1)NC1CCC(C(=O)NC[C@H](O)CO)CC1. The Balaban J connectivity index is 1.45. The van der Waals surface area contributed by atoms with E-state index in [9.17, 15) is 23.1 Å². The van der Waals surface area contributed by atoms with Crippen molar-refractivity contribution in [1.82, 2.24) is 20.2 Å². The standard InChI is InChI=1S/C26H34F3N7O4/c1-14(32-17-4-2-15(3-5-17)25(39)31-11-19(38)12-37)33-24-22(10-30)34-26(36(24)18-6-7-40-13-18)35-23-20(28)8-16(27)9-21(23)29/h8-10,15,17-19,30,32-33,37-38H,1-7,11-13H2,(H,31,39)(H,34,35)/t15?,17?,18-,19-/m0/s1. The van der Waals surface area contributed by atoms with Crippen molar-refractivity contribution < 1.29 is 32.9 Å². The highest BCUT2D eigenvalue weighted by Crippen LogP contribution is 2.34. The molecule has 40 heavy (non-hydrogen) atoms. The van der Waals surface area contributed by atoms with Gasteiger partial charge in [-0.1, -0.05) is 6.58 Å². The van der Waals surface area contributed by atoms with E-state index in [2.05, 4.69) is 32.8 Å². The van der Waals surface area contributed by atoms with Gasteiger partial charge in [-0.2, -0.15) is 0 Å². The highest BCUT2D eigenvalue weighted by Gasteiger charge is 2.29. The molecule has 1 aliphatic carbocycles. The first-order valence-corrected chi connectivity index (χ1v) is 13.1. The van der Waals surface area contributed by atoms with Gasteiger partial charge < -0.3 is 41.6 Å². The molecule has 0 radical (unpaired) electrons. The topological polar surface area (TPSA) is 157 Å². The molecule has 14 heteroatoms. The minimum Gasteiger partial charge on any atom is -0.394 e. The van der Waals surface area contributed by atoms with E-state index in [0.717, 1.165) is 6.21 Å². The molecule has 0 spiro atoms. The van der Waals surface area contributed by atoms with E-state index in [1.807, 2.05) is 0 Å². The molecule has 2 heterocycles. The number of aromatic nitrogens is 2. The second kappa shape index (κ2) is 13.2. The maximum atomic E-state index is 14.4. The molecule has 7 N–H and O–H groups in total. The first kappa shape index (κ1) is 29.4. The van der Waals surface area contributed by atoms with Crippen molar-refractivity contribution in [1.29, 1.82) is 5.41 Å². The lowest BCUT2D eigenvalue weighted by atomic mass is 9.85. The maximum absolute atomic E-state index is 14.4. The molecule has 1 saturated carbocycles. The van der Waals surface area contributed by atoms with Gasteiger partial charge in [0, 0.05) is 43.5 Å². The molecule has 0 bridgehead atoms. The van der Waals surface area contributed by atoms with Crippen LogP contribution >= 0.6 is 0 Å². The van der Waals surface area contributed by atoms with Crippen molar-refractivity contribution >= 4 is 29.6 Å². The van der Waals surface area contributed by atoms with E-state index < -0.39 is 35.8 Å². The molecule has 1 aromatic heterocycles. The summed E-state index contributed by atoms with van der Waals surface area (Å²) >= 11 is 0. The van der Waals surface area contributed by atoms with E-state index in [4.69, 9.17) is 15.3 Å². The molecule has 2 fully saturated rings. The van der Waals surface area contributed by atoms with Crippen LogP contribution in [0.1, 0.15) is 43.8 Å². The number of amides is 1. The molecule has 2 aromatic rings. The number of carbonyl (C=O) groups excluding carboxylic acids is 1. The van der Waals surface area contributed by atoms with Crippen LogP contribution in [0.5, 0.6) is 0 Å². The minimum absolute atomic E-state index is 0.000588. The molecule has 1 aromatic carbocycles. The monoisotopic (exact) mass is 565 g/mol. The maximum Gasteiger partial charge on any atom is 0.223 e. The van der Waals surface area contributed by atoms with E-state index in [0.29, 0.717) is 69.1 Å². The van der Waals surface area contributed by atoms with Crippen LogP contribution in [0, 0.1) is 28.8 Å². The van der Waals surface area contributed by atoms with E-state index in [1.165, 1.54) is 0 Å². The van der Waals surface area contributed by atoms with Crippen LogP contribution in [0.4, 0.5) is 30.6 Å². The number of nitrogens with zero attached hydrogens (tertiary/aromatic N) is 2. The van der Waals surface area contributed by atoms with E-state index in [-0.39, 0.29) is 42.1 Å². The number of aliphatic hydroxyl groups excluding tert-OH is 2. The van der Waals surface area contributed by atoms with Crippen LogP contribution in [0.3, 0.4) is 0 Å². The fraction of sp³-hybridized carbons (Fsp3) is 0.500. The first-order valence-electron chi connectivity index (χ1n) is 13.1. The Labute approximate surface area is 229 Å². The highest BCUT2D eigenvalue weighted by atomic mass is 19.1. The van der Waals surface area contributed by atoms with Crippen molar-refractivity contribution in [2.75, 3.05) is 37.0 Å². The van der Waals surface area contributed by atoms with Gasteiger partial charge in [0.2, 0.25) is 11.9 Å². The van der Waals surface area contributed by atoms with E-state index >= 15 is 0 Å². The fourth-order valence-corrected chi connectivity index (χ4v) is 4.97. The number of aliphatic hydroxyl groups is 2. The highest BCUT2D eigenvalue weighted by molar-refractivity contribution is 5.84. The Morgan fingerprint density at radius 1 is 1.23 bits per heavy atom. The molecular weight excluding hydrogens is 531 g/mol. The van der Waals surface area contributed by atoms with Crippen LogP contribution < -0.4 is 21.3 Å². The molecule has 11 nitrogen and oxygen atoms in total. The third-order valence-electron chi connectivity index (χ3n) is 7.06. The number of nitrogens with one attached hydrogen (secondary N) is 5. The zero-order valence-electron chi connectivity index (χ0n) is 21.9. The lowest BCUT2D eigenvalue weighted by molar-refractivity contribution is -0.126. The molecule has 1 aliphatic heterocycles. The number of ether oxygens (including phenoxy) is 1. The van der Waals surface area contributed by atoms with Gasteiger partial charge in [0.1, 0.15) is 23.0 Å². The zero-order valence-corrected chi connectivity index (χ0v) is 21.9. The lowest BCUT2D eigenvalue weighted by Gasteiger charge is -2.30. The summed E-state index contributed by atoms with van der Waals surface area (Å²) in [6.45, 7) is 4.41. The second-order valence-electron chi connectivity index (χ2n) is 9.95. The van der Waals surface area contributed by atoms with Crippen molar-refractivity contribution in [3.8, 4) is 0 Å². The lowest BCUT2D eigenvalue weighted by Crippen LogP contribution is -2.41. The van der Waals surface area contributed by atoms with Gasteiger partial charge in [-0.25, -0.2) is 18.2 Å². The van der Waals surface area contributed by atoms with Crippen LogP contribution in [0.25, 0.3) is 0 Å². The van der Waals surface area contributed by atoms with Crippen molar-refractivity contribution in [2.45, 2.75) is 50.3 Å². The quantitative estimate of drug-likeness (QED) is 0.194. The van der Waals surface area contributed by atoms with E-state index in [1.54, 1.807) is 4.57 Å². The number of hydrogen-bond donors (Lipinski definition) is 7. The number of imidazole rings is 1. The van der Waals surface area contributed by atoms with Crippen molar-refractivity contribution in [3.05, 3.63) is 47.7 Å². The summed E-state index contributed by atoms with van der Waals surface area (Å²) in [7, 11) is 0. The molecule has 218 valence electrons. The Morgan fingerprint density at radius 2 is 1.93 bits per heavy atom. The summed E-state index contributed by atoms with van der Waals surface area (Å²) in [4.78, 5) is 16.7. The summed E-state index contributed by atoms with van der Waals surface area (Å²) in [5.74, 6) is -2.83. The molecule has 1 saturated heterocycles. The average Bonchev–Trinajstić information content (AvgIpc) is 3.57. The number of benzene rings is 1. The molecule has 2 atom stereocenters. The number of hydrogen-bond acceptors (Lipinski definition) is 9. The smallest absolute Gasteiger partial charge is 0.223 e. The minimum atomic E-state index is -1.12. The van der Waals surface area contributed by atoms with Crippen LogP contribution in [0.2, 0.25) is 0 Å². The van der Waals surface area contributed by atoms with Crippen molar-refractivity contribution in [2.24, 2.45) is 5.92 Å². The Bertz CT molecular complexity index is 1200. The predicted molar refractivity (Wildman–Crippen MR) is 142 cm³/mol. The fourth-order valence-electron chi connectivity index (χ4n) is 4.97. The largest absolute Gasteiger partial charge is 0.394 e. The Morgan fingerprint density at radius 3 is 2.52 bits per heavy atom. The van der Waals surface area contributed by atoms with Crippen LogP contribution in [-0.4, -0.2) is 70.4 Å². The van der Waals surface area contributed by atoms with Crippen molar-refractivity contribution in [3.63, 3.8) is 0 Å². The Hall–Kier alpha value is -3.62. The normalized spacial score (nSPS) is 21.5. The molecule has 0 unspecified atom stereocenters. The summed E-state index contributed by atoms with van der Waals surface area (Å²) in [5, 5.41) is 37.9. The molecule has 1 amide bonds. The Kier molecular flexibility index (Phi) is 9.66. The molecule has 4 rings (SSSR count). The molecule has 2 aliphatic rings. The number of anilines is 3. The van der Waals surface area contributed by atoms with Gasteiger partial charge in [0.25, 0.3) is 0 Å². The number of halogens is 3. The van der Waals surface area contributed by atoms with Gasteiger partial charge in [-0.05, 0) is 32.1 Å². The van der Waals surface area contributed by atoms with Gasteiger partial charge in [-0.3, -0.25) is 9.36 Å². The molecular formula is C26H34F3N7O4. The van der Waals surface area contributed by atoms with Gasteiger partial charge in [0.05, 0.1) is 31.2 Å².